The van der Waals surface area contributed by atoms with Crippen LogP contribution in [-0.2, 0) is 67.1 Å². The van der Waals surface area contributed by atoms with Gasteiger partial charge in [0.25, 0.3) is 11.5 Å². The molecule has 1 aliphatic heterocycles. The molecule has 0 saturated carbocycles. The number of aliphatic carboxylic acids is 14. The molecule has 0 aliphatic carbocycles. The molecule has 0 spiro atoms. The normalized spacial score (nSPS) is 13.6. The highest BCUT2D eigenvalue weighted by Gasteiger charge is 2.28. The molecule has 32 N–H and O–H groups in total. The minimum absolute atomic E-state index is 0.0231. The summed E-state index contributed by atoms with van der Waals surface area (Å²) in [5.74, 6) is -15.8. The second kappa shape index (κ2) is 48.0. The minimum Gasteiger partial charge on any atom is -0.481 e. The first-order valence-corrected chi connectivity index (χ1v) is 26.5. The smallest absolute Gasteiger partial charge is 0.326 e. The van der Waals surface area contributed by atoms with Crippen LogP contribution < -0.4 is 66.5 Å². The number of carbonyl (C=O) groups is 15. The highest BCUT2D eigenvalue weighted by Crippen LogP contribution is 2.25. The fourth-order valence-corrected chi connectivity index (χ4v) is 5.83. The van der Waals surface area contributed by atoms with E-state index in [0.29, 0.717) is 24.6 Å². The Hall–Kier alpha value is -10.9. The summed E-state index contributed by atoms with van der Waals surface area (Å²) in [4.78, 5) is 174. The fraction of sp³-hybridized carbons (Fsp3) is 0.500. The molecule has 2 aromatic rings. The van der Waals surface area contributed by atoms with E-state index in [1.54, 1.807) is 19.2 Å². The van der Waals surface area contributed by atoms with E-state index in [1.165, 1.54) is 12.1 Å². The lowest BCUT2D eigenvalue weighted by molar-refractivity contribution is -0.142. The fourth-order valence-electron chi connectivity index (χ4n) is 5.83. The predicted octanol–water partition coefficient (Wildman–Crippen LogP) is -4.68. The summed E-state index contributed by atoms with van der Waals surface area (Å²) in [7, 11) is 1.79. The van der Waals surface area contributed by atoms with Crippen molar-refractivity contribution in [3.8, 4) is 0 Å². The Bertz CT molecular complexity index is 2610. The maximum absolute atomic E-state index is 12.3. The SMILES string of the molecule is CN1c2c(nc(N)[nH]c2=O)NCC1CNc1ccc(C(=O)N[C@@H](CCC(=O)O)C(=O)O)cc1.N[C@@H](CCC(=O)O)C(=O)O.N[C@@H](CCC(=O)O)C(=O)O.N[C@@H](CCC(=O)O)C(=O)O.N[C@@H](CCC(=O)O)C(=O)O.N[C@@H](CCC(=O)O)C(=O)O.N[C@@H](CCC(=O)O)C(=O)O. The number of aromatic nitrogens is 2. The number of fused-ring (bicyclic) bond motifs is 1. The molecular formula is C50H79N13O30. The number of amides is 1. The van der Waals surface area contributed by atoms with E-state index in [9.17, 15) is 81.8 Å². The molecule has 524 valence electrons. The Labute approximate surface area is 524 Å². The third kappa shape index (κ3) is 46.8. The Morgan fingerprint density at radius 3 is 1.01 bits per heavy atom. The van der Waals surface area contributed by atoms with Crippen molar-refractivity contribution in [2.45, 2.75) is 138 Å². The molecule has 0 fully saturated rings. The molecule has 1 aromatic heterocycles. The summed E-state index contributed by atoms with van der Waals surface area (Å²) in [6.45, 7) is 1.01. The molecule has 93 heavy (non-hydrogen) atoms. The number of hydrogen-bond acceptors (Lipinski definition) is 27. The standard InChI is InChI=1S/C20H25N7O6.6C5H9NO4/c1-27-12(9-23-16-15(27)18(31)26-20(21)25-16)8-22-11-4-2-10(3-5-11)17(30)24-13(19(32)33)6-7-14(28)29;6*6-3(5(9)10)1-2-4(7)8/h2-5,12-13,22H,6-9H2,1H3,(H,24,30)(H,28,29)(H,32,33)(H4,21,23,25,26,31);6*3H,1-2,6H2,(H,7,8)(H,9,10)/t12?,13-;6*3-/m0000000/s1. The molecule has 1 aliphatic rings. The molecule has 0 radical (unpaired) electrons. The maximum Gasteiger partial charge on any atom is 0.326 e. The van der Waals surface area contributed by atoms with Crippen LogP contribution in [-0.4, -0.2) is 239 Å². The van der Waals surface area contributed by atoms with E-state index < -0.39 is 132 Å². The first-order valence-electron chi connectivity index (χ1n) is 26.5. The van der Waals surface area contributed by atoms with Gasteiger partial charge in [-0.05, 0) is 69.2 Å². The summed E-state index contributed by atoms with van der Waals surface area (Å²) >= 11 is 0. The number of anilines is 4. The number of nitrogens with one attached hydrogen (secondary N) is 4. The molecule has 0 bridgehead atoms. The van der Waals surface area contributed by atoms with Gasteiger partial charge in [-0.2, -0.15) is 4.98 Å². The lowest BCUT2D eigenvalue weighted by Gasteiger charge is -2.35. The molecule has 3 rings (SSSR count). The van der Waals surface area contributed by atoms with Crippen LogP contribution in [0, 0.1) is 0 Å². The number of nitrogens with two attached hydrogens (primary N) is 7. The van der Waals surface area contributed by atoms with Gasteiger partial charge in [0.1, 0.15) is 48.0 Å². The second-order valence-corrected chi connectivity index (χ2v) is 18.8. The third-order valence-electron chi connectivity index (χ3n) is 11.2. The van der Waals surface area contributed by atoms with Crippen LogP contribution in [0.15, 0.2) is 29.1 Å². The number of aromatic amines is 1. The van der Waals surface area contributed by atoms with E-state index in [0.717, 1.165) is 5.69 Å². The molecule has 43 nitrogen and oxygen atoms in total. The second-order valence-electron chi connectivity index (χ2n) is 18.8. The van der Waals surface area contributed by atoms with Gasteiger partial charge in [-0.1, -0.05) is 0 Å². The molecule has 8 atom stereocenters. The number of carboxylic acid groups (broad SMARTS) is 14. The monoisotopic (exact) mass is 1340 g/mol. The van der Waals surface area contributed by atoms with Crippen LogP contribution >= 0.6 is 0 Å². The lowest BCUT2D eigenvalue weighted by Crippen LogP contribution is -2.48. The topological polar surface area (TPSA) is 806 Å². The average molecular weight is 1340 g/mol. The van der Waals surface area contributed by atoms with E-state index in [4.69, 9.17) is 107 Å². The summed E-state index contributed by atoms with van der Waals surface area (Å²) in [5.41, 5.74) is 36.6. The molecule has 2 heterocycles. The van der Waals surface area contributed by atoms with Crippen molar-refractivity contribution in [2.24, 2.45) is 34.4 Å². The molecule has 1 unspecified atom stereocenters. The van der Waals surface area contributed by atoms with Crippen molar-refractivity contribution in [3.05, 3.63) is 40.2 Å². The van der Waals surface area contributed by atoms with Crippen molar-refractivity contribution in [1.29, 1.82) is 0 Å². The summed E-state index contributed by atoms with van der Waals surface area (Å²) in [6, 6.07) is -1.32. The predicted molar refractivity (Wildman–Crippen MR) is 316 cm³/mol. The first-order chi connectivity index (χ1) is 42.9. The van der Waals surface area contributed by atoms with Gasteiger partial charge in [-0.3, -0.25) is 76.9 Å². The number of H-pyrrole nitrogens is 1. The highest BCUT2D eigenvalue weighted by atomic mass is 16.4. The average Bonchev–Trinajstić information content (AvgIpc) is 0.809. The maximum atomic E-state index is 12.3. The number of nitrogen functional groups attached to an aromatic ring is 1. The van der Waals surface area contributed by atoms with Gasteiger partial charge in [0.15, 0.2) is 5.82 Å². The van der Waals surface area contributed by atoms with E-state index in [1.807, 2.05) is 4.90 Å². The Kier molecular flexibility index (Phi) is 45.7. The number of carbonyl (C=O) groups excluding carboxylic acids is 1. The quantitative estimate of drug-likeness (QED) is 0.0319. The largest absolute Gasteiger partial charge is 0.481 e. The molecule has 43 heteroatoms. The van der Waals surface area contributed by atoms with Crippen LogP contribution in [0.4, 0.5) is 23.1 Å². The van der Waals surface area contributed by atoms with Gasteiger partial charge in [-0.15, -0.1) is 0 Å². The molecule has 0 saturated heterocycles. The van der Waals surface area contributed by atoms with Gasteiger partial charge < -0.3 is 132 Å². The molecule has 1 aromatic carbocycles. The Morgan fingerprint density at radius 2 is 0.753 bits per heavy atom. The summed E-state index contributed by atoms with van der Waals surface area (Å²) in [6.07, 6.45) is -1.93. The van der Waals surface area contributed by atoms with Crippen LogP contribution in [0.2, 0.25) is 0 Å². The number of likely N-dealkylation sites (N-methyl/N-ethyl adjacent to an activating group) is 1. The zero-order chi connectivity index (χ0) is 73.0. The summed E-state index contributed by atoms with van der Waals surface area (Å²) in [5, 5.41) is 124. The zero-order valence-electron chi connectivity index (χ0n) is 49.5. The van der Waals surface area contributed by atoms with Crippen molar-refractivity contribution in [3.63, 3.8) is 0 Å². The van der Waals surface area contributed by atoms with Crippen LogP contribution in [0.3, 0.4) is 0 Å². The van der Waals surface area contributed by atoms with Crippen molar-refractivity contribution in [1.82, 2.24) is 15.3 Å². The van der Waals surface area contributed by atoms with E-state index >= 15 is 0 Å². The number of rotatable bonds is 33. The van der Waals surface area contributed by atoms with Crippen LogP contribution in [0.1, 0.15) is 100 Å². The number of nitrogens with zero attached hydrogens (tertiary/aromatic N) is 2. The minimum atomic E-state index is -1.30. The summed E-state index contributed by atoms with van der Waals surface area (Å²) < 4.78 is 0. The van der Waals surface area contributed by atoms with E-state index in [2.05, 4.69) is 25.9 Å². The Balaban J connectivity index is -0.000000549. The van der Waals surface area contributed by atoms with E-state index in [-0.39, 0.29) is 113 Å². The molecule has 1 amide bonds. The van der Waals surface area contributed by atoms with Gasteiger partial charge in [0.2, 0.25) is 5.95 Å². The van der Waals surface area contributed by atoms with Crippen LogP contribution in [0.25, 0.3) is 0 Å². The number of benzene rings is 1. The third-order valence-corrected chi connectivity index (χ3v) is 11.2. The van der Waals surface area contributed by atoms with Crippen LogP contribution in [0.5, 0.6) is 0 Å². The van der Waals surface area contributed by atoms with Gasteiger partial charge in [0, 0.05) is 76.3 Å². The van der Waals surface area contributed by atoms with Gasteiger partial charge in [0.05, 0.1) is 6.04 Å². The highest BCUT2D eigenvalue weighted by molar-refractivity contribution is 5.97. The Morgan fingerprint density at radius 1 is 0.473 bits per heavy atom. The van der Waals surface area contributed by atoms with Crippen molar-refractivity contribution >= 4 is 113 Å². The molecular weight excluding hydrogens is 1260 g/mol. The number of hydrogen-bond donors (Lipinski definition) is 25. The number of carboxylic acids is 14. The lowest BCUT2D eigenvalue weighted by atomic mass is 10.1. The van der Waals surface area contributed by atoms with Gasteiger partial charge in [-0.25, -0.2) is 4.79 Å². The van der Waals surface area contributed by atoms with Crippen molar-refractivity contribution in [2.75, 3.05) is 41.4 Å². The zero-order valence-corrected chi connectivity index (χ0v) is 49.5. The van der Waals surface area contributed by atoms with Gasteiger partial charge >= 0.3 is 83.6 Å². The van der Waals surface area contributed by atoms with Crippen molar-refractivity contribution < 1.29 is 143 Å². The first kappa shape index (κ1) is 88.5.